The van der Waals surface area contributed by atoms with Gasteiger partial charge >= 0.3 is 0 Å². The first-order chi connectivity index (χ1) is 7.65. The van der Waals surface area contributed by atoms with Crippen molar-refractivity contribution < 1.29 is 0 Å². The largest absolute Gasteiger partial charge is 0.325 e. The van der Waals surface area contributed by atoms with Crippen LogP contribution in [0.3, 0.4) is 0 Å². The summed E-state index contributed by atoms with van der Waals surface area (Å²) in [5, 5.41) is 1.22. The Labute approximate surface area is 95.5 Å². The average Bonchev–Trinajstić information content (AvgIpc) is 2.95. The first-order valence-corrected chi connectivity index (χ1v) is 5.79. The molecule has 0 spiro atoms. The van der Waals surface area contributed by atoms with Crippen LogP contribution in [0.25, 0.3) is 10.9 Å². The lowest BCUT2D eigenvalue weighted by Crippen LogP contribution is -2.24. The zero-order valence-electron chi connectivity index (χ0n) is 9.53. The van der Waals surface area contributed by atoms with Crippen LogP contribution in [0.1, 0.15) is 24.0 Å². The summed E-state index contributed by atoms with van der Waals surface area (Å²) in [5.74, 6) is 0. The van der Waals surface area contributed by atoms with Gasteiger partial charge in [0.2, 0.25) is 0 Å². The van der Waals surface area contributed by atoms with E-state index in [1.165, 1.54) is 16.5 Å². The standard InChI is InChI=1S/C14H16N2/c1-10-6-12-7-11(8-14(15)4-5-14)2-3-13(12)16-9-10/h2-3,6-7,9H,4-5,8,15H2,1H3. The molecular formula is C14H16N2. The van der Waals surface area contributed by atoms with Gasteiger partial charge in [-0.15, -0.1) is 0 Å². The summed E-state index contributed by atoms with van der Waals surface area (Å²) in [6.07, 6.45) is 5.23. The van der Waals surface area contributed by atoms with Crippen LogP contribution in [0, 0.1) is 6.92 Å². The molecule has 0 aliphatic heterocycles. The maximum atomic E-state index is 6.14. The summed E-state index contributed by atoms with van der Waals surface area (Å²) in [6, 6.07) is 8.65. The van der Waals surface area contributed by atoms with Gasteiger partial charge in [-0.3, -0.25) is 4.98 Å². The number of fused-ring (bicyclic) bond motifs is 1. The van der Waals surface area contributed by atoms with E-state index in [-0.39, 0.29) is 5.54 Å². The highest BCUT2D eigenvalue weighted by Crippen LogP contribution is 2.35. The minimum absolute atomic E-state index is 0.0882. The number of nitrogens with two attached hydrogens (primary N) is 1. The molecule has 1 aromatic carbocycles. The van der Waals surface area contributed by atoms with Gasteiger partial charge in [-0.25, -0.2) is 0 Å². The molecule has 2 nitrogen and oxygen atoms in total. The van der Waals surface area contributed by atoms with Crippen LogP contribution in [-0.4, -0.2) is 10.5 Å². The van der Waals surface area contributed by atoms with Crippen molar-refractivity contribution in [2.75, 3.05) is 0 Å². The third kappa shape index (κ3) is 1.81. The molecule has 0 unspecified atom stereocenters. The zero-order chi connectivity index (χ0) is 11.2. The predicted octanol–water partition coefficient (Wildman–Crippen LogP) is 2.58. The summed E-state index contributed by atoms with van der Waals surface area (Å²) in [4.78, 5) is 4.40. The van der Waals surface area contributed by atoms with Gasteiger partial charge in [0, 0.05) is 17.1 Å². The Balaban J connectivity index is 2.00. The van der Waals surface area contributed by atoms with E-state index in [1.807, 2.05) is 6.20 Å². The molecule has 3 rings (SSSR count). The molecule has 2 heteroatoms. The second-order valence-electron chi connectivity index (χ2n) is 5.08. The predicted molar refractivity (Wildman–Crippen MR) is 66.3 cm³/mol. The number of rotatable bonds is 2. The Morgan fingerprint density at radius 3 is 2.88 bits per heavy atom. The normalized spacial score (nSPS) is 17.6. The number of nitrogens with zero attached hydrogens (tertiary/aromatic N) is 1. The zero-order valence-corrected chi connectivity index (χ0v) is 9.53. The monoisotopic (exact) mass is 212 g/mol. The van der Waals surface area contributed by atoms with E-state index in [9.17, 15) is 0 Å². The molecule has 82 valence electrons. The first-order valence-electron chi connectivity index (χ1n) is 5.79. The third-order valence-corrected chi connectivity index (χ3v) is 3.33. The van der Waals surface area contributed by atoms with Gasteiger partial charge in [-0.1, -0.05) is 6.07 Å². The fourth-order valence-electron chi connectivity index (χ4n) is 2.14. The smallest absolute Gasteiger partial charge is 0.0702 e. The molecule has 0 saturated heterocycles. The first kappa shape index (κ1) is 9.79. The van der Waals surface area contributed by atoms with Gasteiger partial charge in [0.25, 0.3) is 0 Å². The fourth-order valence-corrected chi connectivity index (χ4v) is 2.14. The van der Waals surface area contributed by atoms with Crippen LogP contribution in [0.5, 0.6) is 0 Å². The average molecular weight is 212 g/mol. The summed E-state index contributed by atoms with van der Waals surface area (Å²) in [6.45, 7) is 2.07. The molecule has 1 fully saturated rings. The number of aryl methyl sites for hydroxylation is 1. The van der Waals surface area contributed by atoms with E-state index in [0.717, 1.165) is 24.8 Å². The second-order valence-corrected chi connectivity index (χ2v) is 5.08. The highest BCUT2D eigenvalue weighted by molar-refractivity contribution is 5.79. The van der Waals surface area contributed by atoms with Crippen molar-refractivity contribution in [3.63, 3.8) is 0 Å². The minimum atomic E-state index is 0.0882. The SMILES string of the molecule is Cc1cnc2ccc(CC3(N)CC3)cc2c1. The number of hydrogen-bond donors (Lipinski definition) is 1. The number of pyridine rings is 1. The summed E-state index contributed by atoms with van der Waals surface area (Å²) < 4.78 is 0. The van der Waals surface area contributed by atoms with Crippen LogP contribution in [-0.2, 0) is 6.42 Å². The van der Waals surface area contributed by atoms with Crippen LogP contribution >= 0.6 is 0 Å². The van der Waals surface area contributed by atoms with Crippen molar-refractivity contribution in [1.82, 2.24) is 4.98 Å². The number of benzene rings is 1. The van der Waals surface area contributed by atoms with E-state index in [4.69, 9.17) is 5.73 Å². The van der Waals surface area contributed by atoms with Crippen molar-refractivity contribution in [2.45, 2.75) is 31.7 Å². The molecule has 1 aromatic heterocycles. The van der Waals surface area contributed by atoms with Crippen LogP contribution in [0.2, 0.25) is 0 Å². The second kappa shape index (κ2) is 3.29. The van der Waals surface area contributed by atoms with Gasteiger partial charge in [0.15, 0.2) is 0 Å². The van der Waals surface area contributed by atoms with Gasteiger partial charge in [-0.05, 0) is 55.5 Å². The Hall–Kier alpha value is -1.41. The molecule has 0 atom stereocenters. The highest BCUT2D eigenvalue weighted by Gasteiger charge is 2.37. The van der Waals surface area contributed by atoms with Crippen molar-refractivity contribution >= 4 is 10.9 Å². The molecule has 1 aliphatic carbocycles. The Kier molecular flexibility index (Phi) is 2.01. The van der Waals surface area contributed by atoms with E-state index < -0.39 is 0 Å². The topological polar surface area (TPSA) is 38.9 Å². The van der Waals surface area contributed by atoms with Gasteiger partial charge in [0.05, 0.1) is 5.52 Å². The maximum absolute atomic E-state index is 6.14. The van der Waals surface area contributed by atoms with Crippen molar-refractivity contribution in [3.8, 4) is 0 Å². The summed E-state index contributed by atoms with van der Waals surface area (Å²) in [5.41, 5.74) is 9.83. The molecule has 1 saturated carbocycles. The van der Waals surface area contributed by atoms with E-state index in [1.54, 1.807) is 0 Å². The van der Waals surface area contributed by atoms with Gasteiger partial charge < -0.3 is 5.73 Å². The number of aromatic nitrogens is 1. The molecule has 1 aliphatic rings. The number of hydrogen-bond acceptors (Lipinski definition) is 2. The Bertz CT molecular complexity index is 541. The molecule has 2 N–H and O–H groups in total. The van der Waals surface area contributed by atoms with Crippen LogP contribution in [0.4, 0.5) is 0 Å². The highest BCUT2D eigenvalue weighted by atomic mass is 14.8. The van der Waals surface area contributed by atoms with Crippen molar-refractivity contribution in [3.05, 3.63) is 41.6 Å². The fraction of sp³-hybridized carbons (Fsp3) is 0.357. The lowest BCUT2D eigenvalue weighted by atomic mass is 10.0. The third-order valence-electron chi connectivity index (χ3n) is 3.33. The lowest BCUT2D eigenvalue weighted by Gasteiger charge is -2.09. The molecule has 1 heterocycles. The van der Waals surface area contributed by atoms with E-state index >= 15 is 0 Å². The molecule has 0 bridgehead atoms. The lowest BCUT2D eigenvalue weighted by molar-refractivity contribution is 0.673. The minimum Gasteiger partial charge on any atom is -0.325 e. The van der Waals surface area contributed by atoms with Crippen LogP contribution in [0.15, 0.2) is 30.5 Å². The molecular weight excluding hydrogens is 196 g/mol. The van der Waals surface area contributed by atoms with Gasteiger partial charge in [0.1, 0.15) is 0 Å². The van der Waals surface area contributed by atoms with E-state index in [2.05, 4.69) is 36.2 Å². The molecule has 0 amide bonds. The van der Waals surface area contributed by atoms with Crippen molar-refractivity contribution in [1.29, 1.82) is 0 Å². The van der Waals surface area contributed by atoms with E-state index in [0.29, 0.717) is 0 Å². The summed E-state index contributed by atoms with van der Waals surface area (Å²) >= 11 is 0. The van der Waals surface area contributed by atoms with Gasteiger partial charge in [-0.2, -0.15) is 0 Å². The van der Waals surface area contributed by atoms with Crippen LogP contribution < -0.4 is 5.73 Å². The summed E-state index contributed by atoms with van der Waals surface area (Å²) in [7, 11) is 0. The van der Waals surface area contributed by atoms with Crippen molar-refractivity contribution in [2.24, 2.45) is 5.73 Å². The Morgan fingerprint density at radius 2 is 2.12 bits per heavy atom. The molecule has 16 heavy (non-hydrogen) atoms. The quantitative estimate of drug-likeness (QED) is 0.831. The molecule has 0 radical (unpaired) electrons. The maximum Gasteiger partial charge on any atom is 0.0702 e. The molecule has 2 aromatic rings. The Morgan fingerprint density at radius 1 is 1.31 bits per heavy atom.